The van der Waals surface area contributed by atoms with Gasteiger partial charge in [-0.3, -0.25) is 9.59 Å². The summed E-state index contributed by atoms with van der Waals surface area (Å²) in [5.74, 6) is -0.645. The minimum absolute atomic E-state index is 0.0806. The number of nitrogens with one attached hydrogen (secondary N) is 1. The van der Waals surface area contributed by atoms with Gasteiger partial charge in [0, 0.05) is 25.7 Å². The number of nitrogens with zero attached hydrogens (tertiary/aromatic N) is 2. The zero-order valence-corrected chi connectivity index (χ0v) is 18.8. The summed E-state index contributed by atoms with van der Waals surface area (Å²) in [6.45, 7) is 3.35. The number of fused-ring (bicyclic) bond motifs is 1. The molecule has 0 unspecified atom stereocenters. The molecular formula is C20H21Cl2N3O4S. The fourth-order valence-corrected chi connectivity index (χ4v) is 5.29. The van der Waals surface area contributed by atoms with Crippen LogP contribution in [0.4, 0.5) is 11.4 Å². The lowest BCUT2D eigenvalue weighted by Crippen LogP contribution is -2.38. The van der Waals surface area contributed by atoms with Gasteiger partial charge in [-0.2, -0.15) is 4.31 Å². The van der Waals surface area contributed by atoms with Gasteiger partial charge in [-0.05, 0) is 42.3 Å². The summed E-state index contributed by atoms with van der Waals surface area (Å²) in [6, 6.07) is 9.46. The van der Waals surface area contributed by atoms with Gasteiger partial charge in [0.15, 0.2) is 0 Å². The van der Waals surface area contributed by atoms with E-state index in [4.69, 9.17) is 23.2 Å². The number of hydrogen-bond donors (Lipinski definition) is 1. The van der Waals surface area contributed by atoms with Crippen molar-refractivity contribution in [2.45, 2.75) is 25.2 Å². The Morgan fingerprint density at radius 3 is 2.43 bits per heavy atom. The lowest BCUT2D eigenvalue weighted by molar-refractivity contribution is -0.117. The third kappa shape index (κ3) is 4.46. The Morgan fingerprint density at radius 1 is 1.17 bits per heavy atom. The van der Waals surface area contributed by atoms with E-state index in [2.05, 4.69) is 5.32 Å². The minimum Gasteiger partial charge on any atom is -0.322 e. The van der Waals surface area contributed by atoms with Gasteiger partial charge in [-0.15, -0.1) is 0 Å². The van der Waals surface area contributed by atoms with Crippen LogP contribution in [0.2, 0.25) is 10.0 Å². The van der Waals surface area contributed by atoms with Crippen LogP contribution in [0.1, 0.15) is 19.4 Å². The van der Waals surface area contributed by atoms with Crippen molar-refractivity contribution in [3.63, 3.8) is 0 Å². The predicted octanol–water partition coefficient (Wildman–Crippen LogP) is 3.55. The van der Waals surface area contributed by atoms with Crippen molar-refractivity contribution in [2.75, 3.05) is 29.9 Å². The molecule has 0 radical (unpaired) electrons. The molecule has 10 heteroatoms. The first kappa shape index (κ1) is 22.6. The van der Waals surface area contributed by atoms with E-state index in [9.17, 15) is 18.0 Å². The summed E-state index contributed by atoms with van der Waals surface area (Å²) in [6.07, 6.45) is 0.579. The van der Waals surface area contributed by atoms with E-state index in [1.807, 2.05) is 0 Å². The summed E-state index contributed by atoms with van der Waals surface area (Å²) in [7, 11) is -3.91. The molecule has 0 aromatic heterocycles. The second kappa shape index (κ2) is 8.93. The highest BCUT2D eigenvalue weighted by Crippen LogP contribution is 2.32. The van der Waals surface area contributed by atoms with Gasteiger partial charge in [0.1, 0.15) is 0 Å². The van der Waals surface area contributed by atoms with Crippen molar-refractivity contribution in [1.29, 1.82) is 0 Å². The summed E-state index contributed by atoms with van der Waals surface area (Å²) in [4.78, 5) is 25.9. The number of likely N-dealkylation sites (N-methyl/N-ethyl adjacent to an activating group) is 1. The highest BCUT2D eigenvalue weighted by Gasteiger charge is 2.29. The van der Waals surface area contributed by atoms with Crippen molar-refractivity contribution in [1.82, 2.24) is 4.31 Å². The Kier molecular flexibility index (Phi) is 6.71. The van der Waals surface area contributed by atoms with Crippen LogP contribution < -0.4 is 10.2 Å². The number of hydrogen-bond acceptors (Lipinski definition) is 4. The van der Waals surface area contributed by atoms with Crippen LogP contribution in [0.25, 0.3) is 0 Å². The largest absolute Gasteiger partial charge is 0.322 e. The molecule has 7 nitrogen and oxygen atoms in total. The van der Waals surface area contributed by atoms with Gasteiger partial charge in [0.05, 0.1) is 27.2 Å². The van der Waals surface area contributed by atoms with E-state index >= 15 is 0 Å². The quantitative estimate of drug-likeness (QED) is 0.700. The van der Waals surface area contributed by atoms with Gasteiger partial charge in [0.2, 0.25) is 21.8 Å². The van der Waals surface area contributed by atoms with Crippen molar-refractivity contribution in [2.24, 2.45) is 0 Å². The molecule has 0 spiro atoms. The van der Waals surface area contributed by atoms with Gasteiger partial charge >= 0.3 is 0 Å². The highest BCUT2D eigenvalue weighted by molar-refractivity contribution is 7.89. The molecule has 1 N–H and O–H groups in total. The van der Waals surface area contributed by atoms with E-state index < -0.39 is 22.5 Å². The molecule has 1 heterocycles. The number of carbonyl (C=O) groups is 2. The fraction of sp³-hybridized carbons (Fsp3) is 0.300. The Morgan fingerprint density at radius 2 is 1.83 bits per heavy atom. The number of anilines is 2. The first-order valence-corrected chi connectivity index (χ1v) is 11.5. The third-order valence-corrected chi connectivity index (χ3v) is 7.41. The van der Waals surface area contributed by atoms with Crippen LogP contribution in [-0.4, -0.2) is 44.2 Å². The monoisotopic (exact) mass is 469 g/mol. The molecule has 160 valence electrons. The molecule has 2 aromatic carbocycles. The first-order valence-electron chi connectivity index (χ1n) is 9.30. The average Bonchev–Trinajstić information content (AvgIpc) is 3.12. The predicted molar refractivity (Wildman–Crippen MR) is 118 cm³/mol. The maximum absolute atomic E-state index is 13.1. The first-order chi connectivity index (χ1) is 14.1. The number of carbonyl (C=O) groups excluding carboxylic acids is 2. The maximum Gasteiger partial charge on any atom is 0.243 e. The Bertz CT molecular complexity index is 1080. The van der Waals surface area contributed by atoms with E-state index in [1.54, 1.807) is 42.2 Å². The number of benzene rings is 2. The molecule has 2 amide bonds. The standard InChI is InChI=1S/C20H21Cl2N3O4S/c1-3-24(12-19(27)23-20-16(21)5-4-6-17(20)22)30(28,29)15-7-8-18-14(11-15)9-10-25(18)13(2)26/h4-8,11H,3,9-10,12H2,1-2H3,(H,23,27). The second-order valence-corrected chi connectivity index (χ2v) is 9.54. The normalized spacial score (nSPS) is 13.4. The zero-order valence-electron chi connectivity index (χ0n) is 16.5. The molecule has 0 bridgehead atoms. The molecule has 0 saturated heterocycles. The van der Waals surface area contributed by atoms with Crippen LogP contribution in [-0.2, 0) is 26.0 Å². The van der Waals surface area contributed by atoms with Crippen LogP contribution in [0.5, 0.6) is 0 Å². The number of halogens is 2. The van der Waals surface area contributed by atoms with Crippen molar-refractivity contribution >= 4 is 56.4 Å². The molecule has 0 aliphatic carbocycles. The smallest absolute Gasteiger partial charge is 0.243 e. The highest BCUT2D eigenvalue weighted by atomic mass is 35.5. The zero-order chi connectivity index (χ0) is 22.1. The number of sulfonamides is 1. The maximum atomic E-state index is 13.1. The van der Waals surface area contributed by atoms with Crippen molar-refractivity contribution < 1.29 is 18.0 Å². The molecule has 1 aliphatic rings. The lowest BCUT2D eigenvalue weighted by Gasteiger charge is -2.21. The molecule has 0 atom stereocenters. The van der Waals surface area contributed by atoms with Gasteiger partial charge in [-0.25, -0.2) is 8.42 Å². The van der Waals surface area contributed by atoms with Gasteiger partial charge < -0.3 is 10.2 Å². The number of rotatable bonds is 6. The van der Waals surface area contributed by atoms with Gasteiger partial charge in [-0.1, -0.05) is 36.2 Å². The number of para-hydroxylation sites is 1. The summed E-state index contributed by atoms with van der Waals surface area (Å²) < 4.78 is 27.3. The van der Waals surface area contributed by atoms with Crippen molar-refractivity contribution in [3.8, 4) is 0 Å². The minimum atomic E-state index is -3.91. The van der Waals surface area contributed by atoms with Crippen LogP contribution >= 0.6 is 23.2 Å². The topological polar surface area (TPSA) is 86.8 Å². The van der Waals surface area contributed by atoms with Crippen LogP contribution in [0.15, 0.2) is 41.3 Å². The summed E-state index contributed by atoms with van der Waals surface area (Å²) in [5, 5.41) is 3.09. The summed E-state index contributed by atoms with van der Waals surface area (Å²) >= 11 is 12.1. The molecule has 0 saturated carbocycles. The average molecular weight is 470 g/mol. The molecule has 0 fully saturated rings. The van der Waals surface area contributed by atoms with Crippen LogP contribution in [0.3, 0.4) is 0 Å². The lowest BCUT2D eigenvalue weighted by atomic mass is 10.2. The molecular weight excluding hydrogens is 449 g/mol. The molecule has 3 rings (SSSR count). The van der Waals surface area contributed by atoms with E-state index in [1.165, 1.54) is 13.0 Å². The fourth-order valence-electron chi connectivity index (χ4n) is 3.34. The molecule has 30 heavy (non-hydrogen) atoms. The van der Waals surface area contributed by atoms with Crippen LogP contribution in [0, 0.1) is 0 Å². The Hall–Kier alpha value is -2.13. The van der Waals surface area contributed by atoms with E-state index in [-0.39, 0.29) is 33.1 Å². The van der Waals surface area contributed by atoms with Gasteiger partial charge in [0.25, 0.3) is 0 Å². The SMILES string of the molecule is CCN(CC(=O)Nc1c(Cl)cccc1Cl)S(=O)(=O)c1ccc2c(c1)CCN2C(C)=O. The molecule has 1 aliphatic heterocycles. The van der Waals surface area contributed by atoms with Crippen molar-refractivity contribution in [3.05, 3.63) is 52.0 Å². The third-order valence-electron chi connectivity index (χ3n) is 4.86. The van der Waals surface area contributed by atoms with E-state index in [0.717, 1.165) is 15.6 Å². The molecule has 2 aromatic rings. The summed E-state index contributed by atoms with van der Waals surface area (Å²) in [5.41, 5.74) is 1.74. The Labute approximate surface area is 185 Å². The number of amides is 2. The van der Waals surface area contributed by atoms with E-state index in [0.29, 0.717) is 13.0 Å². The Balaban J connectivity index is 1.81. The second-order valence-electron chi connectivity index (χ2n) is 6.79.